The molecule has 0 aromatic heterocycles. The van der Waals surface area contributed by atoms with Gasteiger partial charge in [0.1, 0.15) is 5.75 Å². The molecule has 0 atom stereocenters. The lowest BCUT2D eigenvalue weighted by Crippen LogP contribution is -2.06. The molecule has 0 saturated heterocycles. The summed E-state index contributed by atoms with van der Waals surface area (Å²) in [6, 6.07) is 6.36. The van der Waals surface area contributed by atoms with Crippen molar-refractivity contribution in [1.82, 2.24) is 0 Å². The van der Waals surface area contributed by atoms with Crippen molar-refractivity contribution in [3.63, 3.8) is 0 Å². The van der Waals surface area contributed by atoms with Crippen LogP contribution in [0, 0.1) is 5.25 Å². The number of sulfone groups is 1. The predicted octanol–water partition coefficient (Wildman–Crippen LogP) is 2.04. The highest BCUT2D eigenvalue weighted by atomic mass is 32.2. The second-order valence-corrected chi connectivity index (χ2v) is 5.38. The number of benzene rings is 1. The smallest absolute Gasteiger partial charge is 0.185 e. The van der Waals surface area contributed by atoms with Gasteiger partial charge in [0.15, 0.2) is 9.84 Å². The molecule has 0 saturated carbocycles. The number of methoxy groups -OCH3 is 1. The minimum Gasteiger partial charge on any atom is -0.497 e. The molecule has 0 aliphatic carbocycles. The lowest BCUT2D eigenvalue weighted by molar-refractivity contribution is 0.414. The van der Waals surface area contributed by atoms with E-state index in [1.165, 1.54) is 0 Å². The zero-order chi connectivity index (χ0) is 10.8. The van der Waals surface area contributed by atoms with E-state index < -0.39 is 9.84 Å². The highest BCUT2D eigenvalue weighted by Gasteiger charge is 2.19. The third-order valence-electron chi connectivity index (χ3n) is 1.91. The lowest BCUT2D eigenvalue weighted by atomic mass is 10.3. The molecule has 0 aliphatic rings. The maximum atomic E-state index is 11.7. The van der Waals surface area contributed by atoms with Crippen LogP contribution >= 0.6 is 0 Å². The Labute approximate surface area is 84.6 Å². The largest absolute Gasteiger partial charge is 0.497 e. The van der Waals surface area contributed by atoms with Crippen molar-refractivity contribution in [2.75, 3.05) is 7.11 Å². The topological polar surface area (TPSA) is 43.4 Å². The summed E-state index contributed by atoms with van der Waals surface area (Å²) in [5.41, 5.74) is 0. The van der Waals surface area contributed by atoms with Gasteiger partial charge in [-0.05, 0) is 38.1 Å². The molecule has 0 bridgehead atoms. The third-order valence-corrected chi connectivity index (χ3v) is 3.87. The lowest BCUT2D eigenvalue weighted by Gasteiger charge is -2.07. The van der Waals surface area contributed by atoms with Crippen LogP contribution in [-0.4, -0.2) is 15.5 Å². The summed E-state index contributed by atoms with van der Waals surface area (Å²) >= 11 is 0. The standard InChI is InChI=1S/C10H13O3S/c1-8(2)14(11,12)10-6-4-9(13-3)5-7-10/h4-7H,1-3H3. The van der Waals surface area contributed by atoms with E-state index >= 15 is 0 Å². The number of hydrogen-bond donors (Lipinski definition) is 0. The van der Waals surface area contributed by atoms with Crippen LogP contribution in [0.2, 0.25) is 0 Å². The van der Waals surface area contributed by atoms with E-state index in [1.807, 2.05) is 0 Å². The molecule has 77 valence electrons. The van der Waals surface area contributed by atoms with Crippen molar-refractivity contribution in [3.05, 3.63) is 29.5 Å². The van der Waals surface area contributed by atoms with E-state index in [1.54, 1.807) is 45.2 Å². The molecule has 4 heteroatoms. The Hall–Kier alpha value is -1.03. The molecule has 0 fully saturated rings. The average molecular weight is 213 g/mol. The molecule has 0 heterocycles. The van der Waals surface area contributed by atoms with Gasteiger partial charge in [-0.15, -0.1) is 0 Å². The van der Waals surface area contributed by atoms with E-state index in [9.17, 15) is 8.42 Å². The Morgan fingerprint density at radius 2 is 1.64 bits per heavy atom. The summed E-state index contributed by atoms with van der Waals surface area (Å²) in [7, 11) is -1.70. The van der Waals surface area contributed by atoms with E-state index in [4.69, 9.17) is 4.74 Å². The van der Waals surface area contributed by atoms with Crippen LogP contribution in [0.5, 0.6) is 5.75 Å². The molecule has 1 aromatic rings. The second-order valence-electron chi connectivity index (χ2n) is 3.09. The number of ether oxygens (including phenoxy) is 1. The molecule has 1 rings (SSSR count). The molecule has 1 radical (unpaired) electrons. The molecule has 14 heavy (non-hydrogen) atoms. The molecule has 0 aliphatic heterocycles. The van der Waals surface area contributed by atoms with Crippen LogP contribution in [0.25, 0.3) is 0 Å². The molecule has 3 nitrogen and oxygen atoms in total. The van der Waals surface area contributed by atoms with E-state index in [-0.39, 0.29) is 0 Å². The maximum Gasteiger partial charge on any atom is 0.185 e. The van der Waals surface area contributed by atoms with Crippen molar-refractivity contribution in [2.24, 2.45) is 0 Å². The maximum absolute atomic E-state index is 11.7. The van der Waals surface area contributed by atoms with Crippen LogP contribution in [0.1, 0.15) is 13.8 Å². The summed E-state index contributed by atoms with van der Waals surface area (Å²) in [6.07, 6.45) is 0. The zero-order valence-corrected chi connectivity index (χ0v) is 9.26. The summed E-state index contributed by atoms with van der Waals surface area (Å²) < 4.78 is 28.2. The summed E-state index contributed by atoms with van der Waals surface area (Å²) in [5, 5.41) is 0.391. The summed E-state index contributed by atoms with van der Waals surface area (Å²) in [4.78, 5) is 0.304. The van der Waals surface area contributed by atoms with Crippen LogP contribution < -0.4 is 4.74 Å². The van der Waals surface area contributed by atoms with Gasteiger partial charge in [0.05, 0.1) is 17.3 Å². The van der Waals surface area contributed by atoms with Gasteiger partial charge in [0.25, 0.3) is 0 Å². The van der Waals surface area contributed by atoms with Crippen molar-refractivity contribution >= 4 is 9.84 Å². The van der Waals surface area contributed by atoms with Crippen LogP contribution in [0.4, 0.5) is 0 Å². The Kier molecular flexibility index (Phi) is 3.16. The van der Waals surface area contributed by atoms with Gasteiger partial charge in [-0.2, -0.15) is 0 Å². The molecular formula is C10H13O3S. The minimum absolute atomic E-state index is 0.304. The van der Waals surface area contributed by atoms with Gasteiger partial charge >= 0.3 is 0 Å². The van der Waals surface area contributed by atoms with Gasteiger partial charge in [-0.25, -0.2) is 8.42 Å². The zero-order valence-electron chi connectivity index (χ0n) is 8.44. The monoisotopic (exact) mass is 213 g/mol. The molecule has 0 N–H and O–H groups in total. The van der Waals surface area contributed by atoms with E-state index in [0.717, 1.165) is 0 Å². The van der Waals surface area contributed by atoms with Crippen molar-refractivity contribution < 1.29 is 13.2 Å². The Morgan fingerprint density at radius 1 is 1.14 bits per heavy atom. The van der Waals surface area contributed by atoms with Crippen LogP contribution in [-0.2, 0) is 9.84 Å². The first-order valence-corrected chi connectivity index (χ1v) is 5.66. The van der Waals surface area contributed by atoms with Gasteiger partial charge in [0.2, 0.25) is 0 Å². The Bertz CT molecular complexity index is 390. The first kappa shape index (κ1) is 11.0. The summed E-state index contributed by atoms with van der Waals surface area (Å²) in [6.45, 7) is 3.17. The predicted molar refractivity (Wildman–Crippen MR) is 54.8 cm³/mol. The fourth-order valence-corrected chi connectivity index (χ4v) is 1.96. The first-order chi connectivity index (χ1) is 6.48. The minimum atomic E-state index is -3.24. The van der Waals surface area contributed by atoms with Gasteiger partial charge < -0.3 is 4.74 Å². The first-order valence-electron chi connectivity index (χ1n) is 4.18. The molecule has 0 amide bonds. The normalized spacial score (nSPS) is 11.7. The van der Waals surface area contributed by atoms with Crippen LogP contribution in [0.3, 0.4) is 0 Å². The van der Waals surface area contributed by atoms with Crippen molar-refractivity contribution in [3.8, 4) is 5.75 Å². The quantitative estimate of drug-likeness (QED) is 0.771. The van der Waals surface area contributed by atoms with E-state index in [2.05, 4.69) is 0 Å². The Balaban J connectivity index is 3.10. The summed E-state index contributed by atoms with van der Waals surface area (Å²) in [5.74, 6) is 0.651. The SMILES string of the molecule is COc1ccc(S(=O)(=O)[C](C)C)cc1. The highest BCUT2D eigenvalue weighted by molar-refractivity contribution is 7.94. The second kappa shape index (κ2) is 4.00. The average Bonchev–Trinajstić information content (AvgIpc) is 2.17. The van der Waals surface area contributed by atoms with Crippen molar-refractivity contribution in [2.45, 2.75) is 18.7 Å². The molecular weight excluding hydrogens is 200 g/mol. The highest BCUT2D eigenvalue weighted by Crippen LogP contribution is 2.22. The molecule has 0 spiro atoms. The van der Waals surface area contributed by atoms with Gasteiger partial charge in [-0.1, -0.05) is 0 Å². The van der Waals surface area contributed by atoms with Gasteiger partial charge in [0, 0.05) is 0 Å². The number of rotatable bonds is 3. The Morgan fingerprint density at radius 3 is 2.00 bits per heavy atom. The van der Waals surface area contributed by atoms with Crippen molar-refractivity contribution in [1.29, 1.82) is 0 Å². The molecule has 0 unspecified atom stereocenters. The van der Waals surface area contributed by atoms with Crippen LogP contribution in [0.15, 0.2) is 29.2 Å². The fraction of sp³-hybridized carbons (Fsp3) is 0.300. The molecule has 1 aromatic carbocycles. The van der Waals surface area contributed by atoms with E-state index in [0.29, 0.717) is 15.9 Å². The third kappa shape index (κ3) is 2.07. The van der Waals surface area contributed by atoms with Gasteiger partial charge in [-0.3, -0.25) is 0 Å². The number of hydrogen-bond acceptors (Lipinski definition) is 3. The fourth-order valence-electron chi connectivity index (χ4n) is 0.991.